The molecule has 1 aliphatic carbocycles. The summed E-state index contributed by atoms with van der Waals surface area (Å²) in [4.78, 5) is 1.15. The normalized spacial score (nSPS) is 17.5. The van der Waals surface area contributed by atoms with Crippen LogP contribution in [0.3, 0.4) is 0 Å². The number of hydrogen-bond acceptors (Lipinski definition) is 4. The van der Waals surface area contributed by atoms with Crippen molar-refractivity contribution in [1.82, 2.24) is 0 Å². The second kappa shape index (κ2) is 4.90. The van der Waals surface area contributed by atoms with Crippen LogP contribution >= 0.6 is 11.8 Å². The van der Waals surface area contributed by atoms with Gasteiger partial charge in [-0.15, -0.1) is 11.8 Å². The van der Waals surface area contributed by atoms with Crippen molar-refractivity contribution in [2.45, 2.75) is 40.7 Å². The van der Waals surface area contributed by atoms with Gasteiger partial charge in [0.2, 0.25) is 0 Å². The fourth-order valence-corrected chi connectivity index (χ4v) is 4.36. The molecule has 2 N–H and O–H groups in total. The summed E-state index contributed by atoms with van der Waals surface area (Å²) < 4.78 is 23.1. The molecule has 1 aromatic carbocycles. The van der Waals surface area contributed by atoms with Gasteiger partial charge in [0.15, 0.2) is 9.84 Å². The lowest BCUT2D eigenvalue weighted by Crippen LogP contribution is -2.04. The predicted molar refractivity (Wildman–Crippen MR) is 72.1 cm³/mol. The standard InChI is InChI=1S/C12H17NO2S2/c1-17(14,15)11-8-4-7-10(12(11)13)16-9-5-2-3-6-9/h4,7-9H,2-3,5-6,13H2,1H3. The third kappa shape index (κ3) is 2.96. The zero-order valence-electron chi connectivity index (χ0n) is 9.85. The van der Waals surface area contributed by atoms with Crippen LogP contribution in [0.5, 0.6) is 0 Å². The molecule has 94 valence electrons. The molecule has 0 aliphatic heterocycles. The van der Waals surface area contributed by atoms with Crippen LogP contribution in [0.2, 0.25) is 0 Å². The zero-order chi connectivity index (χ0) is 12.5. The van der Waals surface area contributed by atoms with E-state index in [2.05, 4.69) is 0 Å². The summed E-state index contributed by atoms with van der Waals surface area (Å²) in [5.41, 5.74) is 6.36. The molecule has 0 amide bonds. The van der Waals surface area contributed by atoms with E-state index in [9.17, 15) is 8.42 Å². The summed E-state index contributed by atoms with van der Waals surface area (Å²) in [5.74, 6) is 0. The van der Waals surface area contributed by atoms with E-state index in [0.717, 1.165) is 4.90 Å². The van der Waals surface area contributed by atoms with Gasteiger partial charge in [0.1, 0.15) is 0 Å². The van der Waals surface area contributed by atoms with Gasteiger partial charge in [-0.3, -0.25) is 0 Å². The highest BCUT2D eigenvalue weighted by atomic mass is 32.2. The van der Waals surface area contributed by atoms with Gasteiger partial charge in [-0.2, -0.15) is 0 Å². The SMILES string of the molecule is CS(=O)(=O)c1cccc(SC2CCCC2)c1N. The van der Waals surface area contributed by atoms with Gasteiger partial charge in [0, 0.05) is 16.4 Å². The Bertz CT molecular complexity index is 505. The van der Waals surface area contributed by atoms with E-state index in [1.54, 1.807) is 23.9 Å². The highest BCUT2D eigenvalue weighted by Gasteiger charge is 2.20. The van der Waals surface area contributed by atoms with Gasteiger partial charge in [0.25, 0.3) is 0 Å². The zero-order valence-corrected chi connectivity index (χ0v) is 11.5. The van der Waals surface area contributed by atoms with Crippen molar-refractivity contribution in [3.63, 3.8) is 0 Å². The smallest absolute Gasteiger partial charge is 0.177 e. The van der Waals surface area contributed by atoms with Crippen molar-refractivity contribution in [1.29, 1.82) is 0 Å². The number of hydrogen-bond donors (Lipinski definition) is 1. The maximum absolute atomic E-state index is 11.6. The molecule has 0 unspecified atom stereocenters. The minimum absolute atomic E-state index is 0.250. The molecule has 0 radical (unpaired) electrons. The van der Waals surface area contributed by atoms with Crippen molar-refractivity contribution >= 4 is 27.3 Å². The van der Waals surface area contributed by atoms with E-state index in [1.165, 1.54) is 31.9 Å². The van der Waals surface area contributed by atoms with Gasteiger partial charge in [-0.05, 0) is 25.0 Å². The van der Waals surface area contributed by atoms with Crippen LogP contribution in [0.15, 0.2) is 28.0 Å². The molecule has 5 heteroatoms. The topological polar surface area (TPSA) is 60.2 Å². The summed E-state index contributed by atoms with van der Waals surface area (Å²) in [5, 5.41) is 0.590. The summed E-state index contributed by atoms with van der Waals surface area (Å²) in [6.45, 7) is 0. The Kier molecular flexibility index (Phi) is 3.68. The average molecular weight is 271 g/mol. The molecule has 1 aromatic rings. The molecule has 0 heterocycles. The number of nitrogen functional groups attached to an aromatic ring is 1. The van der Waals surface area contributed by atoms with Crippen LogP contribution in [0, 0.1) is 0 Å². The van der Waals surface area contributed by atoms with E-state index in [4.69, 9.17) is 5.73 Å². The van der Waals surface area contributed by atoms with Crippen molar-refractivity contribution in [3.8, 4) is 0 Å². The quantitative estimate of drug-likeness (QED) is 0.859. The van der Waals surface area contributed by atoms with Crippen LogP contribution < -0.4 is 5.73 Å². The molecule has 0 atom stereocenters. The number of para-hydroxylation sites is 1. The molecule has 1 aliphatic rings. The van der Waals surface area contributed by atoms with Crippen LogP contribution in [-0.4, -0.2) is 19.9 Å². The molecule has 1 fully saturated rings. The minimum Gasteiger partial charge on any atom is -0.397 e. The molecular weight excluding hydrogens is 254 g/mol. The van der Waals surface area contributed by atoms with E-state index >= 15 is 0 Å². The summed E-state index contributed by atoms with van der Waals surface area (Å²) in [6, 6.07) is 5.25. The minimum atomic E-state index is -3.23. The number of anilines is 1. The Morgan fingerprint density at radius 3 is 2.53 bits per heavy atom. The number of sulfone groups is 1. The average Bonchev–Trinajstić information content (AvgIpc) is 2.72. The fraction of sp³-hybridized carbons (Fsp3) is 0.500. The van der Waals surface area contributed by atoms with Gasteiger partial charge >= 0.3 is 0 Å². The Morgan fingerprint density at radius 2 is 1.94 bits per heavy atom. The van der Waals surface area contributed by atoms with Crippen LogP contribution in [0.1, 0.15) is 25.7 Å². The van der Waals surface area contributed by atoms with Crippen molar-refractivity contribution in [2.75, 3.05) is 12.0 Å². The van der Waals surface area contributed by atoms with Crippen LogP contribution in [0.4, 0.5) is 5.69 Å². The van der Waals surface area contributed by atoms with E-state index < -0.39 is 9.84 Å². The first kappa shape index (κ1) is 12.8. The van der Waals surface area contributed by atoms with E-state index in [-0.39, 0.29) is 4.90 Å². The highest BCUT2D eigenvalue weighted by molar-refractivity contribution is 8.00. The number of benzene rings is 1. The first-order chi connectivity index (χ1) is 7.98. The molecule has 3 nitrogen and oxygen atoms in total. The van der Waals surface area contributed by atoms with Gasteiger partial charge in [-0.25, -0.2) is 8.42 Å². The molecule has 0 aromatic heterocycles. The Hall–Kier alpha value is -0.680. The van der Waals surface area contributed by atoms with Crippen LogP contribution in [-0.2, 0) is 9.84 Å². The van der Waals surface area contributed by atoms with Crippen molar-refractivity contribution in [2.24, 2.45) is 0 Å². The van der Waals surface area contributed by atoms with Gasteiger partial charge in [0.05, 0.1) is 10.6 Å². The van der Waals surface area contributed by atoms with Crippen molar-refractivity contribution in [3.05, 3.63) is 18.2 Å². The highest BCUT2D eigenvalue weighted by Crippen LogP contribution is 2.38. The van der Waals surface area contributed by atoms with Crippen molar-refractivity contribution < 1.29 is 8.42 Å². The predicted octanol–water partition coefficient (Wildman–Crippen LogP) is 2.71. The molecule has 2 rings (SSSR count). The van der Waals surface area contributed by atoms with Crippen LogP contribution in [0.25, 0.3) is 0 Å². The maximum Gasteiger partial charge on any atom is 0.177 e. The molecule has 0 spiro atoms. The monoisotopic (exact) mass is 271 g/mol. The summed E-state index contributed by atoms with van der Waals surface area (Å²) in [7, 11) is -3.23. The second-order valence-electron chi connectivity index (χ2n) is 4.46. The third-order valence-corrected chi connectivity index (χ3v) is 5.59. The van der Waals surface area contributed by atoms with Gasteiger partial charge in [-0.1, -0.05) is 18.9 Å². The first-order valence-corrected chi connectivity index (χ1v) is 8.51. The maximum atomic E-state index is 11.6. The summed E-state index contributed by atoms with van der Waals surface area (Å²) >= 11 is 1.72. The third-order valence-electron chi connectivity index (χ3n) is 3.02. The summed E-state index contributed by atoms with van der Waals surface area (Å²) in [6.07, 6.45) is 6.13. The fourth-order valence-electron chi connectivity index (χ4n) is 2.14. The molecular formula is C12H17NO2S2. The lowest BCUT2D eigenvalue weighted by molar-refractivity contribution is 0.602. The van der Waals surface area contributed by atoms with E-state index in [1.807, 2.05) is 6.07 Å². The number of thioether (sulfide) groups is 1. The molecule has 1 saturated carbocycles. The van der Waals surface area contributed by atoms with Gasteiger partial charge < -0.3 is 5.73 Å². The number of nitrogens with two attached hydrogens (primary N) is 1. The molecule has 0 bridgehead atoms. The Labute approximate surface area is 107 Å². The lowest BCUT2D eigenvalue weighted by Gasteiger charge is -2.13. The largest absolute Gasteiger partial charge is 0.397 e. The van der Waals surface area contributed by atoms with E-state index in [0.29, 0.717) is 10.9 Å². The Balaban J connectivity index is 2.29. The Morgan fingerprint density at radius 1 is 1.29 bits per heavy atom. The first-order valence-electron chi connectivity index (χ1n) is 5.73. The molecule has 0 saturated heterocycles. The number of rotatable bonds is 3. The lowest BCUT2D eigenvalue weighted by atomic mass is 10.3. The molecule has 17 heavy (non-hydrogen) atoms. The second-order valence-corrected chi connectivity index (χ2v) is 7.79.